The van der Waals surface area contributed by atoms with Gasteiger partial charge >= 0.3 is 11.9 Å². The minimum Gasteiger partial charge on any atom is -0.465 e. The third kappa shape index (κ3) is 4.13. The van der Waals surface area contributed by atoms with E-state index in [9.17, 15) is 9.59 Å². The molecule has 0 unspecified atom stereocenters. The van der Waals surface area contributed by atoms with Crippen molar-refractivity contribution in [2.24, 2.45) is 0 Å². The molecule has 32 heavy (non-hydrogen) atoms. The number of anilines is 1. The largest absolute Gasteiger partial charge is 0.465 e. The number of benzene rings is 3. The van der Waals surface area contributed by atoms with Crippen molar-refractivity contribution in [3.05, 3.63) is 94.6 Å². The Morgan fingerprint density at radius 1 is 0.969 bits per heavy atom. The number of fused-ring (bicyclic) bond motifs is 1. The van der Waals surface area contributed by atoms with Crippen LogP contribution in [0, 0.1) is 0 Å². The zero-order chi connectivity index (χ0) is 22.7. The maximum atomic E-state index is 12.8. The Hall–Kier alpha value is -3.90. The second kappa shape index (κ2) is 9.08. The van der Waals surface area contributed by atoms with Crippen LogP contribution in [0.2, 0.25) is 5.02 Å². The summed E-state index contributed by atoms with van der Waals surface area (Å²) in [6.45, 7) is -0.226. The summed E-state index contributed by atoms with van der Waals surface area (Å²) in [5.41, 5.74) is 9.01. The lowest BCUT2D eigenvalue weighted by molar-refractivity contribution is 0.0456. The van der Waals surface area contributed by atoms with Crippen LogP contribution in [-0.2, 0) is 16.1 Å². The summed E-state index contributed by atoms with van der Waals surface area (Å²) in [4.78, 5) is 30.0. The molecule has 0 spiro atoms. The molecule has 2 N–H and O–H groups in total. The molecule has 1 heterocycles. The van der Waals surface area contributed by atoms with Crippen molar-refractivity contribution in [1.29, 1.82) is 0 Å². The maximum Gasteiger partial charge on any atom is 0.340 e. The van der Waals surface area contributed by atoms with E-state index in [1.165, 1.54) is 25.3 Å². The van der Waals surface area contributed by atoms with Gasteiger partial charge in [-0.3, -0.25) is 0 Å². The van der Waals surface area contributed by atoms with Crippen LogP contribution in [0.25, 0.3) is 22.0 Å². The minimum atomic E-state index is -0.611. The second-order valence-corrected chi connectivity index (χ2v) is 7.40. The first-order chi connectivity index (χ1) is 15.5. The van der Waals surface area contributed by atoms with E-state index in [2.05, 4.69) is 4.98 Å². The topological polar surface area (TPSA) is 91.5 Å². The van der Waals surface area contributed by atoms with Crippen molar-refractivity contribution in [3.8, 4) is 11.1 Å². The van der Waals surface area contributed by atoms with Crippen LogP contribution in [0.15, 0.2) is 72.8 Å². The fourth-order valence-corrected chi connectivity index (χ4v) is 3.60. The van der Waals surface area contributed by atoms with Crippen molar-refractivity contribution < 1.29 is 19.1 Å². The maximum absolute atomic E-state index is 12.8. The Bertz CT molecular complexity index is 1320. The molecule has 1 aromatic heterocycles. The average Bonchev–Trinajstić information content (AvgIpc) is 2.83. The van der Waals surface area contributed by atoms with Gasteiger partial charge < -0.3 is 15.2 Å². The number of carbonyl (C=O) groups is 2. The minimum absolute atomic E-state index is 0.226. The number of para-hydroxylation sites is 1. The highest BCUT2D eigenvalue weighted by molar-refractivity contribution is 6.33. The number of carbonyl (C=O) groups excluding carboxylic acids is 2. The van der Waals surface area contributed by atoms with Crippen molar-refractivity contribution in [3.63, 3.8) is 0 Å². The number of halogens is 1. The highest BCUT2D eigenvalue weighted by Crippen LogP contribution is 2.34. The molecule has 0 radical (unpaired) electrons. The average molecular weight is 447 g/mol. The number of rotatable bonds is 5. The van der Waals surface area contributed by atoms with Gasteiger partial charge in [-0.1, -0.05) is 60.1 Å². The van der Waals surface area contributed by atoms with E-state index >= 15 is 0 Å². The van der Waals surface area contributed by atoms with Crippen LogP contribution in [-0.4, -0.2) is 24.0 Å². The lowest BCUT2D eigenvalue weighted by Gasteiger charge is -2.16. The molecule has 0 aliphatic heterocycles. The van der Waals surface area contributed by atoms with Crippen LogP contribution in [0.1, 0.15) is 26.4 Å². The number of nitrogens with two attached hydrogens (primary N) is 1. The predicted molar refractivity (Wildman–Crippen MR) is 124 cm³/mol. The van der Waals surface area contributed by atoms with Gasteiger partial charge in [-0.05, 0) is 29.8 Å². The van der Waals surface area contributed by atoms with Crippen LogP contribution in [0.3, 0.4) is 0 Å². The normalized spacial score (nSPS) is 10.7. The van der Waals surface area contributed by atoms with Crippen LogP contribution in [0.5, 0.6) is 0 Å². The number of hydrogen-bond donors (Lipinski definition) is 1. The van der Waals surface area contributed by atoms with Gasteiger partial charge in [0.1, 0.15) is 6.61 Å². The SMILES string of the molecule is COC(=O)c1c(COC(=O)c2ccc(Cl)c(N)c2)nc2ccccc2c1-c1ccccc1. The molecule has 7 heteroatoms. The number of hydrogen-bond acceptors (Lipinski definition) is 6. The van der Waals surface area contributed by atoms with E-state index in [1.807, 2.05) is 54.6 Å². The van der Waals surface area contributed by atoms with Crippen LogP contribution >= 0.6 is 11.6 Å². The smallest absolute Gasteiger partial charge is 0.340 e. The third-order valence-electron chi connectivity index (χ3n) is 4.99. The third-order valence-corrected chi connectivity index (χ3v) is 5.34. The van der Waals surface area contributed by atoms with Gasteiger partial charge in [0.15, 0.2) is 0 Å². The van der Waals surface area contributed by atoms with E-state index in [4.69, 9.17) is 26.8 Å². The number of pyridine rings is 1. The molecule has 0 saturated carbocycles. The molecule has 0 bridgehead atoms. The highest BCUT2D eigenvalue weighted by Gasteiger charge is 2.24. The molecule has 0 atom stereocenters. The van der Waals surface area contributed by atoms with Crippen molar-refractivity contribution in [2.45, 2.75) is 6.61 Å². The van der Waals surface area contributed by atoms with Crippen LogP contribution in [0.4, 0.5) is 5.69 Å². The van der Waals surface area contributed by atoms with Gasteiger partial charge in [0, 0.05) is 10.9 Å². The van der Waals surface area contributed by atoms with Gasteiger partial charge in [-0.25, -0.2) is 14.6 Å². The quantitative estimate of drug-likeness (QED) is 0.331. The zero-order valence-electron chi connectivity index (χ0n) is 17.2. The van der Waals surface area contributed by atoms with E-state index < -0.39 is 11.9 Å². The molecular weight excluding hydrogens is 428 g/mol. The summed E-state index contributed by atoms with van der Waals surface area (Å²) in [6, 6.07) is 21.4. The summed E-state index contributed by atoms with van der Waals surface area (Å²) >= 11 is 5.92. The standard InChI is InChI=1S/C25H19ClN2O4/c1-31-25(30)23-21(14-32-24(29)16-11-12-18(26)19(27)13-16)28-20-10-6-5-9-17(20)22(23)15-7-3-2-4-8-15/h2-13H,14,27H2,1H3. The molecule has 0 saturated heterocycles. The zero-order valence-corrected chi connectivity index (χ0v) is 17.9. The lowest BCUT2D eigenvalue weighted by atomic mass is 9.94. The molecular formula is C25H19ClN2O4. The molecule has 160 valence electrons. The summed E-state index contributed by atoms with van der Waals surface area (Å²) in [5, 5.41) is 1.14. The fraction of sp³-hybridized carbons (Fsp3) is 0.0800. The second-order valence-electron chi connectivity index (χ2n) is 7.00. The molecule has 0 aliphatic rings. The number of nitrogens with zero attached hydrogens (tertiary/aromatic N) is 1. The summed E-state index contributed by atoms with van der Waals surface area (Å²) < 4.78 is 10.5. The van der Waals surface area contributed by atoms with Gasteiger partial charge in [0.05, 0.1) is 40.2 Å². The van der Waals surface area contributed by atoms with Gasteiger partial charge in [-0.2, -0.15) is 0 Å². The molecule has 4 aromatic rings. The lowest BCUT2D eigenvalue weighted by Crippen LogP contribution is -2.14. The molecule has 3 aromatic carbocycles. The Balaban J connectivity index is 1.81. The number of ether oxygens (including phenoxy) is 2. The monoisotopic (exact) mass is 446 g/mol. The highest BCUT2D eigenvalue weighted by atomic mass is 35.5. The molecule has 4 rings (SSSR count). The van der Waals surface area contributed by atoms with Crippen molar-refractivity contribution >= 4 is 40.1 Å². The Labute approximate surface area is 189 Å². The molecule has 0 aliphatic carbocycles. The van der Waals surface area contributed by atoms with Crippen molar-refractivity contribution in [2.75, 3.05) is 12.8 Å². The first-order valence-electron chi connectivity index (χ1n) is 9.77. The number of aromatic nitrogens is 1. The Morgan fingerprint density at radius 3 is 2.41 bits per heavy atom. The van der Waals surface area contributed by atoms with E-state index in [0.29, 0.717) is 21.8 Å². The number of methoxy groups -OCH3 is 1. The van der Waals surface area contributed by atoms with Gasteiger partial charge in [0.2, 0.25) is 0 Å². The Kier molecular flexibility index (Phi) is 6.05. The number of nitrogen functional groups attached to an aromatic ring is 1. The predicted octanol–water partition coefficient (Wildman–Crippen LogP) is 5.28. The molecule has 6 nitrogen and oxygen atoms in total. The first kappa shape index (κ1) is 21.3. The summed E-state index contributed by atoms with van der Waals surface area (Å²) in [6.07, 6.45) is 0. The number of esters is 2. The fourth-order valence-electron chi connectivity index (χ4n) is 3.48. The summed E-state index contributed by atoms with van der Waals surface area (Å²) in [5.74, 6) is -1.18. The van der Waals surface area contributed by atoms with Gasteiger partial charge in [-0.15, -0.1) is 0 Å². The van der Waals surface area contributed by atoms with E-state index in [-0.39, 0.29) is 23.4 Å². The van der Waals surface area contributed by atoms with Crippen molar-refractivity contribution in [1.82, 2.24) is 4.98 Å². The summed E-state index contributed by atoms with van der Waals surface area (Å²) in [7, 11) is 1.30. The molecule has 0 fully saturated rings. The van der Waals surface area contributed by atoms with E-state index in [0.717, 1.165) is 10.9 Å². The molecule has 0 amide bonds. The van der Waals surface area contributed by atoms with Crippen LogP contribution < -0.4 is 5.73 Å². The van der Waals surface area contributed by atoms with E-state index in [1.54, 1.807) is 0 Å². The van der Waals surface area contributed by atoms with Gasteiger partial charge in [0.25, 0.3) is 0 Å². The Morgan fingerprint density at radius 2 is 1.69 bits per heavy atom. The first-order valence-corrected chi connectivity index (χ1v) is 10.1.